The van der Waals surface area contributed by atoms with Gasteiger partial charge in [0.15, 0.2) is 5.76 Å². The SMILES string of the molecule is O=C(O)C1Cc2ccccc2N(Cc2ccno2)C1. The van der Waals surface area contributed by atoms with Gasteiger partial charge in [0.1, 0.15) is 0 Å². The highest BCUT2D eigenvalue weighted by Crippen LogP contribution is 2.30. The molecule has 5 nitrogen and oxygen atoms in total. The lowest BCUT2D eigenvalue weighted by Gasteiger charge is -2.33. The molecule has 98 valence electrons. The summed E-state index contributed by atoms with van der Waals surface area (Å²) < 4.78 is 5.11. The third kappa shape index (κ3) is 2.31. The van der Waals surface area contributed by atoms with Gasteiger partial charge in [0.25, 0.3) is 0 Å². The molecule has 0 amide bonds. The van der Waals surface area contributed by atoms with Gasteiger partial charge in [0.2, 0.25) is 0 Å². The summed E-state index contributed by atoms with van der Waals surface area (Å²) in [5.41, 5.74) is 2.15. The second kappa shape index (κ2) is 4.76. The van der Waals surface area contributed by atoms with Crippen molar-refractivity contribution in [1.82, 2.24) is 5.16 Å². The first-order valence-electron chi connectivity index (χ1n) is 6.19. The molecular weight excluding hydrogens is 244 g/mol. The van der Waals surface area contributed by atoms with Crippen LogP contribution in [0.25, 0.3) is 0 Å². The Morgan fingerprint density at radius 3 is 3.00 bits per heavy atom. The monoisotopic (exact) mass is 258 g/mol. The van der Waals surface area contributed by atoms with Gasteiger partial charge in [-0.05, 0) is 18.1 Å². The van der Waals surface area contributed by atoms with Crippen LogP contribution in [0.5, 0.6) is 0 Å². The van der Waals surface area contributed by atoms with Crippen molar-refractivity contribution in [1.29, 1.82) is 0 Å². The molecule has 5 heteroatoms. The quantitative estimate of drug-likeness (QED) is 0.911. The molecule has 0 saturated heterocycles. The standard InChI is InChI=1S/C14H14N2O3/c17-14(18)11-7-10-3-1-2-4-13(10)16(8-11)9-12-5-6-15-19-12/h1-6,11H,7-9H2,(H,17,18). The van der Waals surface area contributed by atoms with Crippen LogP contribution in [0.2, 0.25) is 0 Å². The molecule has 0 fully saturated rings. The summed E-state index contributed by atoms with van der Waals surface area (Å²) in [6.45, 7) is 1.04. The van der Waals surface area contributed by atoms with Gasteiger partial charge in [-0.25, -0.2) is 0 Å². The number of carboxylic acids is 1. The number of hydrogen-bond donors (Lipinski definition) is 1. The van der Waals surface area contributed by atoms with Crippen molar-refractivity contribution in [2.75, 3.05) is 11.4 Å². The number of carboxylic acid groups (broad SMARTS) is 1. The maximum absolute atomic E-state index is 11.2. The van der Waals surface area contributed by atoms with Crippen molar-refractivity contribution in [3.63, 3.8) is 0 Å². The Hall–Kier alpha value is -2.30. The van der Waals surface area contributed by atoms with Crippen molar-refractivity contribution in [3.05, 3.63) is 47.9 Å². The molecular formula is C14H14N2O3. The van der Waals surface area contributed by atoms with E-state index < -0.39 is 5.97 Å². The lowest BCUT2D eigenvalue weighted by atomic mass is 9.92. The lowest BCUT2D eigenvalue weighted by Crippen LogP contribution is -2.38. The minimum absolute atomic E-state index is 0.377. The number of aliphatic carboxylic acids is 1. The molecule has 0 radical (unpaired) electrons. The number of para-hydroxylation sites is 1. The summed E-state index contributed by atoms with van der Waals surface area (Å²) in [5.74, 6) is -0.393. The predicted molar refractivity (Wildman–Crippen MR) is 68.8 cm³/mol. The average Bonchev–Trinajstić information content (AvgIpc) is 2.91. The van der Waals surface area contributed by atoms with E-state index in [9.17, 15) is 9.90 Å². The molecule has 1 aliphatic rings. The first kappa shape index (κ1) is 11.8. The fourth-order valence-corrected chi connectivity index (χ4v) is 2.51. The van der Waals surface area contributed by atoms with Crippen molar-refractivity contribution < 1.29 is 14.4 Å². The molecule has 0 saturated carbocycles. The minimum Gasteiger partial charge on any atom is -0.481 e. The smallest absolute Gasteiger partial charge is 0.308 e. The molecule has 0 aliphatic carbocycles. The second-order valence-electron chi connectivity index (χ2n) is 4.73. The van der Waals surface area contributed by atoms with E-state index in [1.165, 1.54) is 0 Å². The second-order valence-corrected chi connectivity index (χ2v) is 4.73. The van der Waals surface area contributed by atoms with Gasteiger partial charge in [0.05, 0.1) is 18.7 Å². The zero-order chi connectivity index (χ0) is 13.2. The Balaban J connectivity index is 1.91. The number of benzene rings is 1. The van der Waals surface area contributed by atoms with Gasteiger partial charge in [0, 0.05) is 18.3 Å². The molecule has 2 heterocycles. The Morgan fingerprint density at radius 2 is 2.26 bits per heavy atom. The average molecular weight is 258 g/mol. The number of rotatable bonds is 3. The van der Waals surface area contributed by atoms with Gasteiger partial charge in [-0.15, -0.1) is 0 Å². The van der Waals surface area contributed by atoms with Crippen LogP contribution >= 0.6 is 0 Å². The van der Waals surface area contributed by atoms with E-state index >= 15 is 0 Å². The number of carbonyl (C=O) groups is 1. The molecule has 0 spiro atoms. The van der Waals surface area contributed by atoms with Crippen LogP contribution in [0.4, 0.5) is 5.69 Å². The third-order valence-electron chi connectivity index (χ3n) is 3.43. The first-order valence-corrected chi connectivity index (χ1v) is 6.19. The van der Waals surface area contributed by atoms with E-state index in [1.54, 1.807) is 12.3 Å². The van der Waals surface area contributed by atoms with Crippen LogP contribution in [0, 0.1) is 5.92 Å². The Kier molecular flexibility index (Phi) is 2.95. The number of hydrogen-bond acceptors (Lipinski definition) is 4. The molecule has 1 aliphatic heterocycles. The molecule has 3 rings (SSSR count). The van der Waals surface area contributed by atoms with Gasteiger partial charge >= 0.3 is 5.97 Å². The first-order chi connectivity index (χ1) is 9.24. The van der Waals surface area contributed by atoms with Crippen LogP contribution in [0.15, 0.2) is 41.1 Å². The summed E-state index contributed by atoms with van der Waals surface area (Å²) in [6, 6.07) is 9.71. The molecule has 2 aromatic rings. The maximum Gasteiger partial charge on any atom is 0.308 e. The fourth-order valence-electron chi connectivity index (χ4n) is 2.51. The van der Waals surface area contributed by atoms with Gasteiger partial charge in [-0.1, -0.05) is 23.4 Å². The van der Waals surface area contributed by atoms with Crippen LogP contribution in [0.3, 0.4) is 0 Å². The summed E-state index contributed by atoms with van der Waals surface area (Å²) in [7, 11) is 0. The normalized spacial score (nSPS) is 18.1. The van der Waals surface area contributed by atoms with Gasteiger partial charge in [-0.3, -0.25) is 4.79 Å². The number of fused-ring (bicyclic) bond motifs is 1. The Morgan fingerprint density at radius 1 is 1.42 bits per heavy atom. The van der Waals surface area contributed by atoms with Crippen LogP contribution in [-0.2, 0) is 17.8 Å². The molecule has 1 aromatic heterocycles. The Labute approximate surface area is 110 Å². The van der Waals surface area contributed by atoms with Crippen LogP contribution in [-0.4, -0.2) is 22.8 Å². The van der Waals surface area contributed by atoms with Gasteiger partial charge in [-0.2, -0.15) is 0 Å². The summed E-state index contributed by atoms with van der Waals surface area (Å²) in [4.78, 5) is 13.3. The largest absolute Gasteiger partial charge is 0.481 e. The summed E-state index contributed by atoms with van der Waals surface area (Å²) in [5, 5.41) is 12.9. The summed E-state index contributed by atoms with van der Waals surface area (Å²) >= 11 is 0. The Bertz CT molecular complexity index is 580. The number of nitrogens with zero attached hydrogens (tertiary/aromatic N) is 2. The minimum atomic E-state index is -0.753. The zero-order valence-electron chi connectivity index (χ0n) is 10.3. The van der Waals surface area contributed by atoms with E-state index in [-0.39, 0.29) is 5.92 Å². The predicted octanol–water partition coefficient (Wildman–Crippen LogP) is 1.94. The highest BCUT2D eigenvalue weighted by atomic mass is 16.5. The highest BCUT2D eigenvalue weighted by molar-refractivity contribution is 5.73. The van der Waals surface area contributed by atoms with Gasteiger partial charge < -0.3 is 14.5 Å². The van der Waals surface area contributed by atoms with Crippen molar-refractivity contribution >= 4 is 11.7 Å². The molecule has 0 bridgehead atoms. The number of anilines is 1. The van der Waals surface area contributed by atoms with Crippen LogP contribution in [0.1, 0.15) is 11.3 Å². The lowest BCUT2D eigenvalue weighted by molar-refractivity contribution is -0.141. The molecule has 1 unspecified atom stereocenters. The fraction of sp³-hybridized carbons (Fsp3) is 0.286. The topological polar surface area (TPSA) is 66.6 Å². The van der Waals surface area contributed by atoms with E-state index in [0.717, 1.165) is 17.0 Å². The third-order valence-corrected chi connectivity index (χ3v) is 3.43. The number of aromatic nitrogens is 1. The molecule has 1 N–H and O–H groups in total. The zero-order valence-corrected chi connectivity index (χ0v) is 10.3. The maximum atomic E-state index is 11.2. The molecule has 1 atom stereocenters. The molecule has 1 aromatic carbocycles. The van der Waals surface area contributed by atoms with E-state index in [0.29, 0.717) is 19.5 Å². The summed E-state index contributed by atoms with van der Waals surface area (Å²) in [6.07, 6.45) is 2.18. The van der Waals surface area contributed by atoms with E-state index in [4.69, 9.17) is 4.52 Å². The van der Waals surface area contributed by atoms with Crippen molar-refractivity contribution in [3.8, 4) is 0 Å². The van der Waals surface area contributed by atoms with E-state index in [2.05, 4.69) is 5.16 Å². The van der Waals surface area contributed by atoms with Crippen LogP contribution < -0.4 is 4.90 Å². The highest BCUT2D eigenvalue weighted by Gasteiger charge is 2.29. The van der Waals surface area contributed by atoms with E-state index in [1.807, 2.05) is 29.2 Å². The molecule has 19 heavy (non-hydrogen) atoms. The van der Waals surface area contributed by atoms with Crippen molar-refractivity contribution in [2.24, 2.45) is 5.92 Å². The van der Waals surface area contributed by atoms with Crippen molar-refractivity contribution in [2.45, 2.75) is 13.0 Å².